The third kappa shape index (κ3) is 4.56. The molecular weight excluding hydrogens is 343 g/mol. The van der Waals surface area contributed by atoms with E-state index < -0.39 is 0 Å². The summed E-state index contributed by atoms with van der Waals surface area (Å²) in [5.41, 5.74) is 1.49. The molecule has 27 heavy (non-hydrogen) atoms. The van der Waals surface area contributed by atoms with Gasteiger partial charge < -0.3 is 5.32 Å². The molecule has 146 valence electrons. The molecule has 1 amide bonds. The highest BCUT2D eigenvalue weighted by molar-refractivity contribution is 5.95. The fraction of sp³-hybridized carbons (Fsp3) is 0.524. The van der Waals surface area contributed by atoms with Gasteiger partial charge in [0.1, 0.15) is 11.5 Å². The number of hydrogen-bond acceptors (Lipinski definition) is 3. The highest BCUT2D eigenvalue weighted by Crippen LogP contribution is 2.19. The van der Waals surface area contributed by atoms with Gasteiger partial charge in [-0.05, 0) is 51.4 Å². The van der Waals surface area contributed by atoms with Crippen LogP contribution in [-0.2, 0) is 0 Å². The maximum Gasteiger partial charge on any atom is 0.254 e. The molecule has 0 aliphatic carbocycles. The van der Waals surface area contributed by atoms with Gasteiger partial charge in [-0.25, -0.2) is 9.07 Å². The number of carbonyl (C=O) groups is 1. The number of piperidine rings is 1. The molecule has 1 aliphatic rings. The fourth-order valence-corrected chi connectivity index (χ4v) is 3.75. The monoisotopic (exact) mass is 372 g/mol. The average molecular weight is 372 g/mol. The number of amides is 1. The zero-order valence-electron chi connectivity index (χ0n) is 16.2. The summed E-state index contributed by atoms with van der Waals surface area (Å²) in [5.74, 6) is -0.500. The molecule has 0 saturated carbocycles. The number of nitrogens with zero attached hydrogens (tertiary/aromatic N) is 3. The molecule has 1 aromatic carbocycles. The summed E-state index contributed by atoms with van der Waals surface area (Å²) in [4.78, 5) is 15.2. The number of hydrogen-bond donors (Lipinski definition) is 1. The Hall–Kier alpha value is -2.21. The van der Waals surface area contributed by atoms with Crippen LogP contribution < -0.4 is 5.32 Å². The lowest BCUT2D eigenvalue weighted by Gasteiger charge is -2.35. The summed E-state index contributed by atoms with van der Waals surface area (Å²) >= 11 is 0. The predicted molar refractivity (Wildman–Crippen MR) is 105 cm³/mol. The van der Waals surface area contributed by atoms with E-state index in [2.05, 4.69) is 22.2 Å². The first-order valence-corrected chi connectivity index (χ1v) is 9.93. The molecule has 0 spiro atoms. The average Bonchev–Trinajstić information content (AvgIpc) is 3.06. The number of aromatic nitrogens is 2. The van der Waals surface area contributed by atoms with E-state index in [0.29, 0.717) is 29.5 Å². The van der Waals surface area contributed by atoms with E-state index in [4.69, 9.17) is 0 Å². The fourth-order valence-electron chi connectivity index (χ4n) is 3.75. The molecule has 2 heterocycles. The van der Waals surface area contributed by atoms with Gasteiger partial charge in [-0.1, -0.05) is 31.9 Å². The van der Waals surface area contributed by atoms with Gasteiger partial charge in [0, 0.05) is 12.6 Å². The molecule has 0 radical (unpaired) electrons. The minimum Gasteiger partial charge on any atom is -0.350 e. The number of nitrogens with one attached hydrogen (secondary N) is 1. The van der Waals surface area contributed by atoms with E-state index in [1.807, 2.05) is 0 Å². The number of benzene rings is 1. The number of unbranched alkanes of at least 4 members (excludes halogenated alkanes) is 1. The summed E-state index contributed by atoms with van der Waals surface area (Å²) in [7, 11) is 0. The van der Waals surface area contributed by atoms with E-state index >= 15 is 0 Å². The van der Waals surface area contributed by atoms with Crippen molar-refractivity contribution in [3.8, 4) is 5.69 Å². The molecule has 1 unspecified atom stereocenters. The molecule has 2 aromatic rings. The molecule has 1 N–H and O–H groups in total. The normalized spacial score (nSPS) is 17.8. The van der Waals surface area contributed by atoms with E-state index in [1.165, 1.54) is 42.6 Å². The molecule has 3 rings (SSSR count). The SMILES string of the molecule is CCCCN1CCCCC1CNC(=O)c1cnn(-c2ccccc2F)c1C. The van der Waals surface area contributed by atoms with Gasteiger partial charge in [0.15, 0.2) is 0 Å². The van der Waals surface area contributed by atoms with E-state index in [1.54, 1.807) is 25.1 Å². The van der Waals surface area contributed by atoms with Crippen LogP contribution in [-0.4, -0.2) is 46.3 Å². The third-order valence-corrected chi connectivity index (χ3v) is 5.38. The van der Waals surface area contributed by atoms with Crippen LogP contribution in [0.4, 0.5) is 4.39 Å². The van der Waals surface area contributed by atoms with Crippen LogP contribution in [0.2, 0.25) is 0 Å². The summed E-state index contributed by atoms with van der Waals surface area (Å²) in [6, 6.07) is 6.85. The Labute approximate surface area is 160 Å². The van der Waals surface area contributed by atoms with Crippen molar-refractivity contribution in [2.45, 2.75) is 52.0 Å². The van der Waals surface area contributed by atoms with Gasteiger partial charge in [-0.15, -0.1) is 0 Å². The zero-order chi connectivity index (χ0) is 19.2. The lowest BCUT2D eigenvalue weighted by Crippen LogP contribution is -2.47. The first kappa shape index (κ1) is 19.5. The first-order valence-electron chi connectivity index (χ1n) is 9.93. The molecule has 1 aliphatic heterocycles. The lowest BCUT2D eigenvalue weighted by atomic mass is 10.0. The third-order valence-electron chi connectivity index (χ3n) is 5.38. The maximum atomic E-state index is 14.0. The molecule has 5 nitrogen and oxygen atoms in total. The Balaban J connectivity index is 1.65. The first-order chi connectivity index (χ1) is 13.1. The van der Waals surface area contributed by atoms with Gasteiger partial charge in [0.05, 0.1) is 17.5 Å². The minimum absolute atomic E-state index is 0.142. The molecule has 1 saturated heterocycles. The van der Waals surface area contributed by atoms with Gasteiger partial charge in [0.25, 0.3) is 5.91 Å². The summed E-state index contributed by atoms with van der Waals surface area (Å²) in [6.07, 6.45) is 7.48. The lowest BCUT2D eigenvalue weighted by molar-refractivity contribution is 0.0912. The Bertz CT molecular complexity index is 773. The number of halogens is 1. The van der Waals surface area contributed by atoms with Crippen LogP contribution in [0.3, 0.4) is 0 Å². The number of rotatable bonds is 7. The Morgan fingerprint density at radius 2 is 2.15 bits per heavy atom. The van der Waals surface area contributed by atoms with E-state index in [0.717, 1.165) is 19.5 Å². The van der Waals surface area contributed by atoms with Gasteiger partial charge in [0.2, 0.25) is 0 Å². The second kappa shape index (κ2) is 9.13. The van der Waals surface area contributed by atoms with Crippen molar-refractivity contribution < 1.29 is 9.18 Å². The molecule has 1 aromatic heterocycles. The van der Waals surface area contributed by atoms with Crippen LogP contribution in [0.25, 0.3) is 5.69 Å². The van der Waals surface area contributed by atoms with Crippen LogP contribution in [0, 0.1) is 12.7 Å². The van der Waals surface area contributed by atoms with Crippen molar-refractivity contribution in [3.05, 3.63) is 47.5 Å². The van der Waals surface area contributed by atoms with Crippen LogP contribution >= 0.6 is 0 Å². The van der Waals surface area contributed by atoms with Crippen LogP contribution in [0.5, 0.6) is 0 Å². The van der Waals surface area contributed by atoms with Crippen molar-refractivity contribution in [2.75, 3.05) is 19.6 Å². The molecule has 1 fully saturated rings. The number of likely N-dealkylation sites (tertiary alicyclic amines) is 1. The van der Waals surface area contributed by atoms with Gasteiger partial charge in [-0.2, -0.15) is 5.10 Å². The van der Waals surface area contributed by atoms with Gasteiger partial charge >= 0.3 is 0 Å². The van der Waals surface area contributed by atoms with Crippen molar-refractivity contribution >= 4 is 5.91 Å². The second-order valence-electron chi connectivity index (χ2n) is 7.26. The predicted octanol–water partition coefficient (Wildman–Crippen LogP) is 3.70. The topological polar surface area (TPSA) is 50.2 Å². The largest absolute Gasteiger partial charge is 0.350 e. The van der Waals surface area contributed by atoms with Crippen LogP contribution in [0.1, 0.15) is 55.1 Å². The number of carbonyl (C=O) groups excluding carboxylic acids is 1. The summed E-state index contributed by atoms with van der Waals surface area (Å²) in [6.45, 7) is 6.86. The summed E-state index contributed by atoms with van der Waals surface area (Å²) in [5, 5.41) is 7.29. The summed E-state index contributed by atoms with van der Waals surface area (Å²) < 4.78 is 15.5. The Morgan fingerprint density at radius 3 is 2.93 bits per heavy atom. The van der Waals surface area contributed by atoms with Crippen molar-refractivity contribution in [3.63, 3.8) is 0 Å². The van der Waals surface area contributed by atoms with E-state index in [-0.39, 0.29) is 11.7 Å². The highest BCUT2D eigenvalue weighted by Gasteiger charge is 2.23. The van der Waals surface area contributed by atoms with Crippen molar-refractivity contribution in [1.82, 2.24) is 20.0 Å². The van der Waals surface area contributed by atoms with Crippen LogP contribution in [0.15, 0.2) is 30.5 Å². The number of para-hydroxylation sites is 1. The van der Waals surface area contributed by atoms with Crippen molar-refractivity contribution in [1.29, 1.82) is 0 Å². The molecular formula is C21H29FN4O. The quantitative estimate of drug-likeness (QED) is 0.806. The highest BCUT2D eigenvalue weighted by atomic mass is 19.1. The standard InChI is InChI=1S/C21H29FN4O/c1-3-4-12-25-13-8-7-9-17(25)14-23-21(27)18-15-24-26(16(18)2)20-11-6-5-10-19(20)22/h5-6,10-11,15,17H,3-4,7-9,12-14H2,1-2H3,(H,23,27). The smallest absolute Gasteiger partial charge is 0.254 e. The van der Waals surface area contributed by atoms with E-state index in [9.17, 15) is 9.18 Å². The molecule has 1 atom stereocenters. The van der Waals surface area contributed by atoms with Crippen molar-refractivity contribution in [2.24, 2.45) is 0 Å². The zero-order valence-corrected chi connectivity index (χ0v) is 16.2. The molecule has 0 bridgehead atoms. The maximum absolute atomic E-state index is 14.0. The van der Waals surface area contributed by atoms with Gasteiger partial charge in [-0.3, -0.25) is 9.69 Å². The molecule has 6 heteroatoms. The Kier molecular flexibility index (Phi) is 6.61. The minimum atomic E-state index is -0.357. The second-order valence-corrected chi connectivity index (χ2v) is 7.26. The Morgan fingerprint density at radius 1 is 1.33 bits per heavy atom.